The molecule has 3 nitrogen and oxygen atoms in total. The maximum atomic E-state index is 9.86. The summed E-state index contributed by atoms with van der Waals surface area (Å²) in [6.45, 7) is 6.53. The van der Waals surface area contributed by atoms with Crippen molar-refractivity contribution in [2.75, 3.05) is 13.6 Å². The predicted octanol–water partition coefficient (Wildman–Crippen LogP) is 2.93. The molecule has 0 spiro atoms. The van der Waals surface area contributed by atoms with Gasteiger partial charge in [0.05, 0.1) is 20.8 Å². The van der Waals surface area contributed by atoms with E-state index in [0.29, 0.717) is 12.6 Å². The topological polar surface area (TPSA) is 36.4 Å². The Balaban J connectivity index is 2.03. The van der Waals surface area contributed by atoms with Crippen LogP contribution in [0, 0.1) is 0 Å². The fourth-order valence-corrected chi connectivity index (χ4v) is 3.27. The molecule has 0 fully saturated rings. The van der Waals surface area contributed by atoms with E-state index in [-0.39, 0.29) is 0 Å². The SMILES string of the molecule is CC(Cc1nc2ccccc2s1)N(C)CC(C)(C)O. The summed E-state index contributed by atoms with van der Waals surface area (Å²) in [6.07, 6.45) is 0.923. The molecule has 0 bridgehead atoms. The average Bonchev–Trinajstić information content (AvgIpc) is 2.68. The molecule has 1 unspecified atom stereocenters. The molecule has 0 saturated carbocycles. The smallest absolute Gasteiger partial charge is 0.0954 e. The largest absolute Gasteiger partial charge is 0.389 e. The first-order valence-electron chi connectivity index (χ1n) is 6.62. The van der Waals surface area contributed by atoms with E-state index in [1.54, 1.807) is 11.3 Å². The minimum atomic E-state index is -0.656. The number of fused-ring (bicyclic) bond motifs is 1. The Labute approximate surface area is 118 Å². The summed E-state index contributed by atoms with van der Waals surface area (Å²) in [5, 5.41) is 11.0. The van der Waals surface area contributed by atoms with Crippen LogP contribution in [0.4, 0.5) is 0 Å². The minimum Gasteiger partial charge on any atom is -0.389 e. The molecule has 0 aliphatic rings. The number of benzene rings is 1. The molecule has 0 radical (unpaired) electrons. The molecule has 0 aliphatic carbocycles. The monoisotopic (exact) mass is 278 g/mol. The van der Waals surface area contributed by atoms with Gasteiger partial charge in [-0.2, -0.15) is 0 Å². The number of aliphatic hydroxyl groups is 1. The fourth-order valence-electron chi connectivity index (χ4n) is 2.18. The van der Waals surface area contributed by atoms with Crippen molar-refractivity contribution in [3.8, 4) is 0 Å². The molecule has 4 heteroatoms. The maximum absolute atomic E-state index is 9.86. The second kappa shape index (κ2) is 5.57. The van der Waals surface area contributed by atoms with E-state index in [9.17, 15) is 5.11 Å². The first kappa shape index (κ1) is 14.4. The normalized spacial score (nSPS) is 14.2. The van der Waals surface area contributed by atoms with Crippen LogP contribution in [-0.4, -0.2) is 40.2 Å². The summed E-state index contributed by atoms with van der Waals surface area (Å²) in [6, 6.07) is 8.61. The van der Waals surface area contributed by atoms with E-state index in [4.69, 9.17) is 0 Å². The Bertz CT molecular complexity index is 511. The molecule has 0 amide bonds. The lowest BCUT2D eigenvalue weighted by molar-refractivity contribution is 0.0336. The molecule has 2 aromatic rings. The van der Waals surface area contributed by atoms with Gasteiger partial charge in [0.25, 0.3) is 0 Å². The van der Waals surface area contributed by atoms with Crippen LogP contribution in [0.1, 0.15) is 25.8 Å². The van der Waals surface area contributed by atoms with Gasteiger partial charge in [0.15, 0.2) is 0 Å². The predicted molar refractivity (Wildman–Crippen MR) is 81.7 cm³/mol. The molecule has 1 aromatic heterocycles. The van der Waals surface area contributed by atoms with Gasteiger partial charge in [0, 0.05) is 19.0 Å². The van der Waals surface area contributed by atoms with E-state index in [1.807, 2.05) is 26.0 Å². The second-order valence-electron chi connectivity index (χ2n) is 5.86. The molecule has 1 aromatic carbocycles. The Kier molecular flexibility index (Phi) is 4.23. The number of aromatic nitrogens is 1. The van der Waals surface area contributed by atoms with Crippen molar-refractivity contribution in [3.63, 3.8) is 0 Å². The second-order valence-corrected chi connectivity index (χ2v) is 6.97. The van der Waals surface area contributed by atoms with E-state index in [1.165, 1.54) is 4.70 Å². The van der Waals surface area contributed by atoms with Crippen molar-refractivity contribution in [3.05, 3.63) is 29.3 Å². The summed E-state index contributed by atoms with van der Waals surface area (Å²) < 4.78 is 1.25. The number of nitrogens with zero attached hydrogens (tertiary/aromatic N) is 2. The van der Waals surface area contributed by atoms with Gasteiger partial charge in [0.2, 0.25) is 0 Å². The highest BCUT2D eigenvalue weighted by atomic mass is 32.1. The Morgan fingerprint density at radius 1 is 1.37 bits per heavy atom. The summed E-state index contributed by atoms with van der Waals surface area (Å²) in [7, 11) is 2.05. The number of hydrogen-bond acceptors (Lipinski definition) is 4. The van der Waals surface area contributed by atoms with Crippen LogP contribution < -0.4 is 0 Å². The lowest BCUT2D eigenvalue weighted by Crippen LogP contribution is -2.41. The summed E-state index contributed by atoms with van der Waals surface area (Å²) in [5.41, 5.74) is 0.427. The highest BCUT2D eigenvalue weighted by Crippen LogP contribution is 2.23. The average molecular weight is 278 g/mol. The lowest BCUT2D eigenvalue weighted by Gasteiger charge is -2.30. The summed E-state index contributed by atoms with van der Waals surface area (Å²) in [5.74, 6) is 0. The first-order valence-corrected chi connectivity index (χ1v) is 7.44. The van der Waals surface area contributed by atoms with Gasteiger partial charge < -0.3 is 10.0 Å². The number of rotatable bonds is 5. The third kappa shape index (κ3) is 4.00. The van der Waals surface area contributed by atoms with Crippen molar-refractivity contribution in [1.29, 1.82) is 0 Å². The molecule has 0 aliphatic heterocycles. The van der Waals surface area contributed by atoms with Gasteiger partial charge in [-0.15, -0.1) is 11.3 Å². The van der Waals surface area contributed by atoms with E-state index in [0.717, 1.165) is 16.9 Å². The van der Waals surface area contributed by atoms with Gasteiger partial charge in [-0.1, -0.05) is 12.1 Å². The molecule has 1 heterocycles. The van der Waals surface area contributed by atoms with Crippen LogP contribution in [0.25, 0.3) is 10.2 Å². The number of hydrogen-bond donors (Lipinski definition) is 1. The third-order valence-electron chi connectivity index (χ3n) is 3.20. The molecule has 19 heavy (non-hydrogen) atoms. The molecule has 0 saturated heterocycles. The fraction of sp³-hybridized carbons (Fsp3) is 0.533. The van der Waals surface area contributed by atoms with Crippen LogP contribution >= 0.6 is 11.3 Å². The quantitative estimate of drug-likeness (QED) is 0.913. The molecule has 2 rings (SSSR count). The minimum absolute atomic E-state index is 0.368. The third-order valence-corrected chi connectivity index (χ3v) is 4.26. The molecule has 104 valence electrons. The van der Waals surface area contributed by atoms with Gasteiger partial charge in [-0.3, -0.25) is 0 Å². The zero-order valence-electron chi connectivity index (χ0n) is 12.1. The number of thiazole rings is 1. The number of para-hydroxylation sites is 1. The van der Waals surface area contributed by atoms with Crippen molar-refractivity contribution in [2.45, 2.75) is 38.8 Å². The van der Waals surface area contributed by atoms with Gasteiger partial charge >= 0.3 is 0 Å². The summed E-state index contributed by atoms with van der Waals surface area (Å²) in [4.78, 5) is 6.85. The molecular weight excluding hydrogens is 256 g/mol. The van der Waals surface area contributed by atoms with Gasteiger partial charge in [0.1, 0.15) is 0 Å². The molecule has 1 atom stereocenters. The van der Waals surface area contributed by atoms with Crippen LogP contribution in [0.5, 0.6) is 0 Å². The van der Waals surface area contributed by atoms with Crippen molar-refractivity contribution >= 4 is 21.6 Å². The lowest BCUT2D eigenvalue weighted by atomic mass is 10.1. The highest BCUT2D eigenvalue weighted by molar-refractivity contribution is 7.18. The Hall–Kier alpha value is -0.970. The highest BCUT2D eigenvalue weighted by Gasteiger charge is 2.20. The maximum Gasteiger partial charge on any atom is 0.0954 e. The van der Waals surface area contributed by atoms with Crippen LogP contribution in [0.2, 0.25) is 0 Å². The Morgan fingerprint density at radius 2 is 2.05 bits per heavy atom. The van der Waals surface area contributed by atoms with Crippen molar-refractivity contribution < 1.29 is 5.11 Å². The summed E-state index contributed by atoms with van der Waals surface area (Å²) >= 11 is 1.76. The van der Waals surface area contributed by atoms with Gasteiger partial charge in [-0.25, -0.2) is 4.98 Å². The molecular formula is C15H22N2OS. The number of likely N-dealkylation sites (N-methyl/N-ethyl adjacent to an activating group) is 1. The van der Waals surface area contributed by atoms with Crippen LogP contribution in [0.3, 0.4) is 0 Å². The molecule has 1 N–H and O–H groups in total. The van der Waals surface area contributed by atoms with Crippen LogP contribution in [0.15, 0.2) is 24.3 Å². The zero-order chi connectivity index (χ0) is 14.0. The standard InChI is InChI=1S/C15H22N2OS/c1-11(17(4)10-15(2,3)18)9-14-16-12-7-5-6-8-13(12)19-14/h5-8,11,18H,9-10H2,1-4H3. The van der Waals surface area contributed by atoms with E-state index >= 15 is 0 Å². The van der Waals surface area contributed by atoms with Crippen LogP contribution in [-0.2, 0) is 6.42 Å². The first-order chi connectivity index (χ1) is 8.85. The van der Waals surface area contributed by atoms with E-state index in [2.05, 4.69) is 36.0 Å². The van der Waals surface area contributed by atoms with Crippen molar-refractivity contribution in [1.82, 2.24) is 9.88 Å². The Morgan fingerprint density at radius 3 is 2.68 bits per heavy atom. The zero-order valence-corrected chi connectivity index (χ0v) is 12.9. The van der Waals surface area contributed by atoms with Crippen molar-refractivity contribution in [2.24, 2.45) is 0 Å². The van der Waals surface area contributed by atoms with E-state index < -0.39 is 5.60 Å². The van der Waals surface area contributed by atoms with Gasteiger partial charge in [-0.05, 0) is 40.0 Å².